The molecule has 0 fully saturated rings. The third kappa shape index (κ3) is 4.00. The van der Waals surface area contributed by atoms with Crippen LogP contribution in [0, 0.1) is 0 Å². The Kier molecular flexibility index (Phi) is 3.88. The molecule has 16 heavy (non-hydrogen) atoms. The quantitative estimate of drug-likeness (QED) is 0.755. The zero-order chi connectivity index (χ0) is 12.0. The van der Waals surface area contributed by atoms with Gasteiger partial charge >= 0.3 is 5.97 Å². The topological polar surface area (TPSA) is 71.5 Å². The van der Waals surface area contributed by atoms with E-state index in [1.165, 1.54) is 24.5 Å². The van der Waals surface area contributed by atoms with Crippen LogP contribution in [-0.2, 0) is 4.74 Å². The summed E-state index contributed by atoms with van der Waals surface area (Å²) in [4.78, 5) is 13.8. The van der Waals surface area contributed by atoms with Crippen LogP contribution < -0.4 is 5.32 Å². The van der Waals surface area contributed by atoms with Crippen LogP contribution in [0.25, 0.3) is 0 Å². The van der Waals surface area contributed by atoms with Crippen molar-refractivity contribution in [1.29, 1.82) is 0 Å². The number of carboxylic acid groups (broad SMARTS) is 1. The predicted octanol–water partition coefficient (Wildman–Crippen LogP) is 1.59. The van der Waals surface area contributed by atoms with Gasteiger partial charge in [0.25, 0.3) is 0 Å². The van der Waals surface area contributed by atoms with Crippen LogP contribution in [0.3, 0.4) is 0 Å². The van der Waals surface area contributed by atoms with Crippen LogP contribution in [-0.4, -0.2) is 21.8 Å². The fourth-order valence-corrected chi connectivity index (χ4v) is 0.967. The van der Waals surface area contributed by atoms with E-state index in [1.807, 2.05) is 13.8 Å². The Morgan fingerprint density at radius 3 is 2.31 bits per heavy atom. The van der Waals surface area contributed by atoms with Gasteiger partial charge in [-0.2, -0.15) is 0 Å². The molecule has 0 radical (unpaired) electrons. The van der Waals surface area contributed by atoms with E-state index >= 15 is 0 Å². The molecule has 2 rings (SSSR count). The van der Waals surface area contributed by atoms with E-state index in [-0.39, 0.29) is 11.3 Å². The van der Waals surface area contributed by atoms with Crippen molar-refractivity contribution in [3.63, 3.8) is 0 Å². The van der Waals surface area contributed by atoms with Crippen molar-refractivity contribution in [3.05, 3.63) is 42.6 Å². The maximum atomic E-state index is 10.2. The summed E-state index contributed by atoms with van der Waals surface area (Å²) in [6, 6.07) is 2.89. The molecular formula is C11H14N2O3. The number of hydrogen-bond acceptors (Lipinski definition) is 4. The second-order valence-electron chi connectivity index (χ2n) is 3.62. The van der Waals surface area contributed by atoms with E-state index in [4.69, 9.17) is 9.84 Å². The minimum Gasteiger partial charge on any atom is -0.478 e. The van der Waals surface area contributed by atoms with E-state index in [9.17, 15) is 4.79 Å². The molecule has 0 spiro atoms. The first kappa shape index (κ1) is 12.0. The molecule has 1 aliphatic heterocycles. The lowest BCUT2D eigenvalue weighted by molar-refractivity contribution is 0.0627. The van der Waals surface area contributed by atoms with Gasteiger partial charge in [0, 0.05) is 18.6 Å². The van der Waals surface area contributed by atoms with Gasteiger partial charge in [-0.05, 0) is 26.0 Å². The summed E-state index contributed by atoms with van der Waals surface area (Å²) in [5, 5.41) is 11.4. The standard InChI is InChI=1S/C6H5NO2.C5H9NO/c8-6(9)5-1-3-7-4-2-5;1-5(2)6-3-4-7-5/h1-4H,(H,8,9);3-4,6H,1-2H3. The minimum absolute atomic E-state index is 0.167. The van der Waals surface area contributed by atoms with Crippen molar-refractivity contribution in [1.82, 2.24) is 10.3 Å². The minimum atomic E-state index is -0.919. The lowest BCUT2D eigenvalue weighted by Gasteiger charge is -2.17. The third-order valence-electron chi connectivity index (χ3n) is 1.79. The summed E-state index contributed by atoms with van der Waals surface area (Å²) in [5.41, 5.74) is 0.102. The summed E-state index contributed by atoms with van der Waals surface area (Å²) < 4.78 is 5.05. The fraction of sp³-hybridized carbons (Fsp3) is 0.273. The number of hydrogen-bond donors (Lipinski definition) is 2. The van der Waals surface area contributed by atoms with Gasteiger partial charge in [-0.1, -0.05) is 0 Å². The van der Waals surface area contributed by atoms with Gasteiger partial charge in [0.05, 0.1) is 5.56 Å². The van der Waals surface area contributed by atoms with Crippen molar-refractivity contribution < 1.29 is 14.6 Å². The van der Waals surface area contributed by atoms with Crippen molar-refractivity contribution in [2.45, 2.75) is 19.6 Å². The molecule has 1 aromatic heterocycles. The Hall–Kier alpha value is -2.04. The molecule has 5 heteroatoms. The maximum absolute atomic E-state index is 10.2. The molecule has 0 atom stereocenters. The van der Waals surface area contributed by atoms with Crippen molar-refractivity contribution >= 4 is 5.97 Å². The van der Waals surface area contributed by atoms with Gasteiger partial charge in [-0.3, -0.25) is 4.98 Å². The summed E-state index contributed by atoms with van der Waals surface area (Å²) in [7, 11) is 0. The Morgan fingerprint density at radius 2 is 2.06 bits per heavy atom. The molecular weight excluding hydrogens is 208 g/mol. The second-order valence-corrected chi connectivity index (χ2v) is 3.62. The first-order chi connectivity index (χ1) is 7.51. The van der Waals surface area contributed by atoms with E-state index in [0.717, 1.165) is 0 Å². The van der Waals surface area contributed by atoms with Gasteiger partial charge in [0.15, 0.2) is 5.72 Å². The maximum Gasteiger partial charge on any atom is 0.335 e. The molecule has 0 saturated carbocycles. The zero-order valence-electron chi connectivity index (χ0n) is 9.18. The number of carboxylic acids is 1. The number of rotatable bonds is 1. The van der Waals surface area contributed by atoms with Crippen molar-refractivity contribution in [2.75, 3.05) is 0 Å². The Balaban J connectivity index is 0.000000165. The molecule has 1 aliphatic rings. The summed E-state index contributed by atoms with van der Waals surface area (Å²) >= 11 is 0. The van der Waals surface area contributed by atoms with Crippen molar-refractivity contribution in [3.8, 4) is 0 Å². The average Bonchev–Trinajstić information content (AvgIpc) is 2.65. The van der Waals surface area contributed by atoms with Crippen LogP contribution in [0.15, 0.2) is 37.0 Å². The van der Waals surface area contributed by atoms with Crippen LogP contribution in [0.4, 0.5) is 0 Å². The molecule has 2 N–H and O–H groups in total. The third-order valence-corrected chi connectivity index (χ3v) is 1.79. The highest BCUT2D eigenvalue weighted by molar-refractivity contribution is 5.87. The molecule has 86 valence electrons. The van der Waals surface area contributed by atoms with Gasteiger partial charge in [0.2, 0.25) is 0 Å². The second kappa shape index (κ2) is 5.16. The Morgan fingerprint density at radius 1 is 1.44 bits per heavy atom. The van der Waals surface area contributed by atoms with Gasteiger partial charge in [-0.15, -0.1) is 0 Å². The molecule has 2 heterocycles. The fourth-order valence-electron chi connectivity index (χ4n) is 0.967. The first-order valence-corrected chi connectivity index (χ1v) is 4.75. The Labute approximate surface area is 93.8 Å². The first-order valence-electron chi connectivity index (χ1n) is 4.75. The van der Waals surface area contributed by atoms with Crippen LogP contribution >= 0.6 is 0 Å². The van der Waals surface area contributed by atoms with Crippen LogP contribution in [0.5, 0.6) is 0 Å². The molecule has 1 aromatic rings. The number of aromatic nitrogens is 1. The number of carbonyl (C=O) groups is 1. The number of ether oxygens (including phenoxy) is 1. The van der Waals surface area contributed by atoms with E-state index in [2.05, 4.69) is 10.3 Å². The lowest BCUT2D eigenvalue weighted by Crippen LogP contribution is -2.32. The SMILES string of the molecule is CC1(C)NC=CO1.O=C(O)c1ccncc1. The molecule has 0 unspecified atom stereocenters. The summed E-state index contributed by atoms with van der Waals surface area (Å²) in [5.74, 6) is -0.919. The Bertz CT molecular complexity index is 364. The smallest absolute Gasteiger partial charge is 0.335 e. The van der Waals surface area contributed by atoms with Gasteiger partial charge in [-0.25, -0.2) is 4.79 Å². The summed E-state index contributed by atoms with van der Waals surface area (Å²) in [6.45, 7) is 3.93. The average molecular weight is 222 g/mol. The van der Waals surface area contributed by atoms with E-state index in [1.54, 1.807) is 12.5 Å². The number of pyridine rings is 1. The molecule has 0 aromatic carbocycles. The predicted molar refractivity (Wildman–Crippen MR) is 58.6 cm³/mol. The van der Waals surface area contributed by atoms with Crippen molar-refractivity contribution in [2.24, 2.45) is 0 Å². The lowest BCUT2D eigenvalue weighted by atomic mass is 10.3. The molecule has 0 amide bonds. The molecule has 0 bridgehead atoms. The highest BCUT2D eigenvalue weighted by Gasteiger charge is 2.17. The van der Waals surface area contributed by atoms with Gasteiger partial charge < -0.3 is 15.2 Å². The monoisotopic (exact) mass is 222 g/mol. The van der Waals surface area contributed by atoms with E-state index < -0.39 is 5.97 Å². The number of aromatic carboxylic acids is 1. The van der Waals surface area contributed by atoms with E-state index in [0.29, 0.717) is 0 Å². The van der Waals surface area contributed by atoms with Crippen LogP contribution in [0.1, 0.15) is 24.2 Å². The summed E-state index contributed by atoms with van der Waals surface area (Å²) in [6.07, 6.45) is 6.34. The highest BCUT2D eigenvalue weighted by Crippen LogP contribution is 2.08. The zero-order valence-corrected chi connectivity index (χ0v) is 9.18. The number of nitrogens with zero attached hydrogens (tertiary/aromatic N) is 1. The molecule has 0 aliphatic carbocycles. The van der Waals surface area contributed by atoms with Gasteiger partial charge in [0.1, 0.15) is 6.26 Å². The number of nitrogens with one attached hydrogen (secondary N) is 1. The molecule has 0 saturated heterocycles. The largest absolute Gasteiger partial charge is 0.478 e. The highest BCUT2D eigenvalue weighted by atomic mass is 16.5. The normalized spacial score (nSPS) is 15.4. The van der Waals surface area contributed by atoms with Crippen LogP contribution in [0.2, 0.25) is 0 Å². The molecule has 5 nitrogen and oxygen atoms in total.